The summed E-state index contributed by atoms with van der Waals surface area (Å²) in [5, 5.41) is 9.48. The van der Waals surface area contributed by atoms with Crippen LogP contribution in [-0.4, -0.2) is 11.2 Å². The second-order valence-electron chi connectivity index (χ2n) is 3.64. The third-order valence-electron chi connectivity index (χ3n) is 2.24. The lowest BCUT2D eigenvalue weighted by Crippen LogP contribution is -2.01. The van der Waals surface area contributed by atoms with Gasteiger partial charge in [-0.1, -0.05) is 61.9 Å². The highest BCUT2D eigenvalue weighted by atomic mass is 16.3. The standard InChI is InChI=1S/C14H18O/c1-2-3-11-14(15)12-7-10-13-8-5-4-6-9-13/h4-6,8-9,14-15H,2-3,10-11H2,1H3. The Morgan fingerprint density at radius 2 is 2.00 bits per heavy atom. The first-order chi connectivity index (χ1) is 7.33. The highest BCUT2D eigenvalue weighted by Crippen LogP contribution is 2.00. The molecule has 1 rings (SSSR count). The van der Waals surface area contributed by atoms with E-state index in [4.69, 9.17) is 0 Å². The summed E-state index contributed by atoms with van der Waals surface area (Å²) in [6, 6.07) is 10.1. The van der Waals surface area contributed by atoms with E-state index in [-0.39, 0.29) is 0 Å². The van der Waals surface area contributed by atoms with Crippen LogP contribution < -0.4 is 0 Å². The number of hydrogen-bond donors (Lipinski definition) is 1. The molecule has 0 saturated carbocycles. The summed E-state index contributed by atoms with van der Waals surface area (Å²) in [6.45, 7) is 2.12. The Hall–Kier alpha value is -1.26. The summed E-state index contributed by atoms with van der Waals surface area (Å²) >= 11 is 0. The van der Waals surface area contributed by atoms with Gasteiger partial charge >= 0.3 is 0 Å². The second-order valence-corrected chi connectivity index (χ2v) is 3.64. The summed E-state index contributed by atoms with van der Waals surface area (Å²) in [7, 11) is 0. The fourth-order valence-electron chi connectivity index (χ4n) is 1.34. The van der Waals surface area contributed by atoms with E-state index in [0.29, 0.717) is 0 Å². The number of aliphatic hydroxyl groups is 1. The largest absolute Gasteiger partial charge is 0.380 e. The molecule has 0 radical (unpaired) electrons. The Morgan fingerprint density at radius 3 is 2.67 bits per heavy atom. The molecule has 1 N–H and O–H groups in total. The first-order valence-electron chi connectivity index (χ1n) is 5.53. The van der Waals surface area contributed by atoms with Crippen molar-refractivity contribution < 1.29 is 5.11 Å². The van der Waals surface area contributed by atoms with Gasteiger partial charge in [0.25, 0.3) is 0 Å². The summed E-state index contributed by atoms with van der Waals surface area (Å²) in [5.74, 6) is 5.88. The monoisotopic (exact) mass is 202 g/mol. The van der Waals surface area contributed by atoms with Gasteiger partial charge < -0.3 is 5.11 Å². The van der Waals surface area contributed by atoms with Crippen LogP contribution >= 0.6 is 0 Å². The van der Waals surface area contributed by atoms with Crippen molar-refractivity contribution in [2.75, 3.05) is 0 Å². The summed E-state index contributed by atoms with van der Waals surface area (Å²) < 4.78 is 0. The molecule has 0 aliphatic rings. The molecule has 0 spiro atoms. The van der Waals surface area contributed by atoms with Crippen LogP contribution in [0, 0.1) is 11.8 Å². The van der Waals surface area contributed by atoms with Crippen molar-refractivity contribution in [1.29, 1.82) is 0 Å². The van der Waals surface area contributed by atoms with Crippen molar-refractivity contribution in [1.82, 2.24) is 0 Å². The number of unbranched alkanes of at least 4 members (excludes halogenated alkanes) is 1. The maximum atomic E-state index is 9.48. The SMILES string of the molecule is CCCCC(O)C#CCc1ccccc1. The van der Waals surface area contributed by atoms with Crippen molar-refractivity contribution >= 4 is 0 Å². The molecule has 0 saturated heterocycles. The van der Waals surface area contributed by atoms with Gasteiger partial charge in [0.05, 0.1) is 0 Å². The molecular formula is C14H18O. The smallest absolute Gasteiger partial charge is 0.114 e. The van der Waals surface area contributed by atoms with Crippen LogP contribution in [0.5, 0.6) is 0 Å². The van der Waals surface area contributed by atoms with Crippen LogP contribution in [0.2, 0.25) is 0 Å². The molecule has 80 valence electrons. The van der Waals surface area contributed by atoms with Gasteiger partial charge in [-0.15, -0.1) is 0 Å². The molecule has 1 aromatic rings. The van der Waals surface area contributed by atoms with Gasteiger partial charge in [0.1, 0.15) is 6.10 Å². The molecule has 1 nitrogen and oxygen atoms in total. The van der Waals surface area contributed by atoms with Crippen LogP contribution in [0.3, 0.4) is 0 Å². The molecule has 0 bridgehead atoms. The van der Waals surface area contributed by atoms with E-state index in [0.717, 1.165) is 25.7 Å². The molecule has 0 aliphatic carbocycles. The fraction of sp³-hybridized carbons (Fsp3) is 0.429. The van der Waals surface area contributed by atoms with Gasteiger partial charge in [-0.2, -0.15) is 0 Å². The zero-order valence-corrected chi connectivity index (χ0v) is 9.24. The number of aliphatic hydroxyl groups excluding tert-OH is 1. The maximum absolute atomic E-state index is 9.48. The zero-order valence-electron chi connectivity index (χ0n) is 9.24. The Morgan fingerprint density at radius 1 is 1.27 bits per heavy atom. The highest BCUT2D eigenvalue weighted by molar-refractivity contribution is 5.21. The van der Waals surface area contributed by atoms with Crippen LogP contribution in [0.15, 0.2) is 30.3 Å². The van der Waals surface area contributed by atoms with Gasteiger partial charge in [-0.3, -0.25) is 0 Å². The van der Waals surface area contributed by atoms with Gasteiger partial charge in [-0.05, 0) is 12.0 Å². The second kappa shape index (κ2) is 7.09. The third-order valence-corrected chi connectivity index (χ3v) is 2.24. The van der Waals surface area contributed by atoms with Crippen LogP contribution in [0.4, 0.5) is 0 Å². The van der Waals surface area contributed by atoms with E-state index in [1.807, 2.05) is 30.3 Å². The predicted molar refractivity (Wildman–Crippen MR) is 63.5 cm³/mol. The third kappa shape index (κ3) is 5.24. The minimum Gasteiger partial charge on any atom is -0.380 e. The Bertz CT molecular complexity index is 318. The van der Waals surface area contributed by atoms with E-state index in [9.17, 15) is 5.11 Å². The number of rotatable bonds is 4. The average molecular weight is 202 g/mol. The molecule has 15 heavy (non-hydrogen) atoms. The number of benzene rings is 1. The Labute approximate surface area is 92.1 Å². The predicted octanol–water partition coefficient (Wildman–Crippen LogP) is 2.78. The molecule has 1 unspecified atom stereocenters. The molecule has 1 atom stereocenters. The van der Waals surface area contributed by atoms with Crippen molar-refractivity contribution in [3.05, 3.63) is 35.9 Å². The van der Waals surface area contributed by atoms with Crippen LogP contribution in [0.25, 0.3) is 0 Å². The molecule has 0 fully saturated rings. The fourth-order valence-corrected chi connectivity index (χ4v) is 1.34. The van der Waals surface area contributed by atoms with Gasteiger partial charge in [0, 0.05) is 6.42 Å². The topological polar surface area (TPSA) is 20.2 Å². The van der Waals surface area contributed by atoms with Gasteiger partial charge in [0.15, 0.2) is 0 Å². The van der Waals surface area contributed by atoms with Crippen LogP contribution in [-0.2, 0) is 6.42 Å². The lowest BCUT2D eigenvalue weighted by atomic mass is 10.1. The van der Waals surface area contributed by atoms with Crippen molar-refractivity contribution in [2.45, 2.75) is 38.7 Å². The molecule has 1 aromatic carbocycles. The van der Waals surface area contributed by atoms with Gasteiger partial charge in [-0.25, -0.2) is 0 Å². The zero-order chi connectivity index (χ0) is 10.9. The molecule has 1 heteroatoms. The van der Waals surface area contributed by atoms with E-state index in [1.165, 1.54) is 5.56 Å². The van der Waals surface area contributed by atoms with E-state index < -0.39 is 6.10 Å². The molecule has 0 amide bonds. The highest BCUT2D eigenvalue weighted by Gasteiger charge is 1.96. The first kappa shape index (κ1) is 11.8. The van der Waals surface area contributed by atoms with E-state index in [2.05, 4.69) is 18.8 Å². The summed E-state index contributed by atoms with van der Waals surface area (Å²) in [4.78, 5) is 0. The van der Waals surface area contributed by atoms with E-state index in [1.54, 1.807) is 0 Å². The quantitative estimate of drug-likeness (QED) is 0.744. The Balaban J connectivity index is 2.33. The number of hydrogen-bond acceptors (Lipinski definition) is 1. The minimum absolute atomic E-state index is 0.450. The molecule has 0 aromatic heterocycles. The van der Waals surface area contributed by atoms with Crippen molar-refractivity contribution in [3.63, 3.8) is 0 Å². The lowest BCUT2D eigenvalue weighted by molar-refractivity contribution is 0.218. The van der Waals surface area contributed by atoms with Crippen molar-refractivity contribution in [2.24, 2.45) is 0 Å². The minimum atomic E-state index is -0.450. The normalized spacial score (nSPS) is 11.6. The molecule has 0 heterocycles. The maximum Gasteiger partial charge on any atom is 0.114 e. The van der Waals surface area contributed by atoms with Crippen LogP contribution in [0.1, 0.15) is 31.7 Å². The van der Waals surface area contributed by atoms with Crippen molar-refractivity contribution in [3.8, 4) is 11.8 Å². The Kier molecular flexibility index (Phi) is 5.58. The summed E-state index contributed by atoms with van der Waals surface area (Å²) in [6.07, 6.45) is 3.22. The van der Waals surface area contributed by atoms with Gasteiger partial charge in [0.2, 0.25) is 0 Å². The molecular weight excluding hydrogens is 184 g/mol. The lowest BCUT2D eigenvalue weighted by Gasteiger charge is -1.99. The molecule has 0 aliphatic heterocycles. The average Bonchev–Trinajstić information content (AvgIpc) is 2.28. The first-order valence-corrected chi connectivity index (χ1v) is 5.53. The summed E-state index contributed by atoms with van der Waals surface area (Å²) in [5.41, 5.74) is 1.20. The van der Waals surface area contributed by atoms with E-state index >= 15 is 0 Å².